The third-order valence-corrected chi connectivity index (χ3v) is 5.82. The summed E-state index contributed by atoms with van der Waals surface area (Å²) in [6.45, 7) is 2.63. The van der Waals surface area contributed by atoms with E-state index in [2.05, 4.69) is 5.32 Å². The number of carbonyl (C=O) groups is 1. The molecule has 0 radical (unpaired) electrons. The van der Waals surface area contributed by atoms with Crippen LogP contribution in [0.3, 0.4) is 0 Å². The van der Waals surface area contributed by atoms with Crippen LogP contribution in [0.15, 0.2) is 53.6 Å². The Morgan fingerprint density at radius 2 is 2.21 bits per heavy atom. The van der Waals surface area contributed by atoms with E-state index in [1.54, 1.807) is 23.5 Å². The molecule has 0 saturated heterocycles. The van der Waals surface area contributed by atoms with E-state index in [4.69, 9.17) is 9.47 Å². The summed E-state index contributed by atoms with van der Waals surface area (Å²) in [5, 5.41) is 14.1. The Labute approximate surface area is 174 Å². The Morgan fingerprint density at radius 1 is 1.34 bits per heavy atom. The fourth-order valence-corrected chi connectivity index (χ4v) is 4.36. The predicted molar refractivity (Wildman–Crippen MR) is 110 cm³/mol. The Balaban J connectivity index is 1.79. The molecule has 156 valence electrons. The number of hydrogen-bond donors (Lipinski definition) is 2. The third kappa shape index (κ3) is 5.65. The Morgan fingerprint density at radius 3 is 2.90 bits per heavy atom. The summed E-state index contributed by atoms with van der Waals surface area (Å²) in [6, 6.07) is 10.1. The lowest BCUT2D eigenvalue weighted by atomic mass is 9.84. The lowest BCUT2D eigenvalue weighted by molar-refractivity contribution is -0.166. The molecule has 1 aliphatic heterocycles. The average Bonchev–Trinajstić information content (AvgIpc) is 3.25. The molecule has 3 atom stereocenters. The molecule has 0 bridgehead atoms. The number of hydrogen-bond acceptors (Lipinski definition) is 5. The quantitative estimate of drug-likeness (QED) is 0.646. The van der Waals surface area contributed by atoms with Gasteiger partial charge >= 0.3 is 0 Å². The molecule has 1 amide bonds. The van der Waals surface area contributed by atoms with Crippen molar-refractivity contribution in [1.29, 1.82) is 0 Å². The molecule has 7 heteroatoms. The first-order valence-corrected chi connectivity index (χ1v) is 10.7. The van der Waals surface area contributed by atoms with Gasteiger partial charge in [-0.1, -0.05) is 18.2 Å². The van der Waals surface area contributed by atoms with Crippen LogP contribution in [0.2, 0.25) is 0 Å². The molecule has 1 aromatic carbocycles. The van der Waals surface area contributed by atoms with Crippen LogP contribution in [-0.2, 0) is 20.8 Å². The van der Waals surface area contributed by atoms with Crippen molar-refractivity contribution < 1.29 is 23.8 Å². The topological polar surface area (TPSA) is 67.8 Å². The van der Waals surface area contributed by atoms with Crippen LogP contribution >= 0.6 is 11.3 Å². The van der Waals surface area contributed by atoms with Crippen LogP contribution in [-0.4, -0.2) is 30.5 Å². The summed E-state index contributed by atoms with van der Waals surface area (Å²) in [6.07, 6.45) is 2.62. The molecule has 0 fully saturated rings. The van der Waals surface area contributed by atoms with Crippen molar-refractivity contribution in [2.75, 3.05) is 13.2 Å². The molecular formula is C22H26FNO4S. The second-order valence-electron chi connectivity index (χ2n) is 6.86. The van der Waals surface area contributed by atoms with Gasteiger partial charge < -0.3 is 19.9 Å². The second kappa shape index (κ2) is 10.5. The molecule has 0 unspecified atom stereocenters. The van der Waals surface area contributed by atoms with Crippen molar-refractivity contribution in [3.05, 3.63) is 69.9 Å². The Bertz CT molecular complexity index is 824. The first-order valence-electron chi connectivity index (χ1n) is 9.79. The normalized spacial score (nSPS) is 21.3. The summed E-state index contributed by atoms with van der Waals surface area (Å²) < 4.78 is 25.1. The summed E-state index contributed by atoms with van der Waals surface area (Å²) >= 11 is 1.62. The van der Waals surface area contributed by atoms with E-state index in [1.165, 1.54) is 12.1 Å². The number of thiophene rings is 1. The number of benzene rings is 1. The first-order chi connectivity index (χ1) is 14.1. The molecule has 3 rings (SSSR count). The number of allylic oxidation sites excluding steroid dienone is 1. The highest BCUT2D eigenvalue weighted by Gasteiger charge is 2.38. The monoisotopic (exact) mass is 419 g/mol. The van der Waals surface area contributed by atoms with Crippen LogP contribution in [0.1, 0.15) is 36.1 Å². The molecule has 2 aromatic rings. The van der Waals surface area contributed by atoms with E-state index in [0.717, 1.165) is 11.3 Å². The maximum Gasteiger partial charge on any atom is 0.286 e. The van der Waals surface area contributed by atoms with Crippen LogP contribution < -0.4 is 5.32 Å². The molecule has 0 aliphatic carbocycles. The number of rotatable bonds is 9. The number of nitrogens with one attached hydrogen (secondary N) is 1. The minimum Gasteiger partial charge on any atom is -0.459 e. The molecule has 5 nitrogen and oxygen atoms in total. The van der Waals surface area contributed by atoms with Crippen LogP contribution in [0.5, 0.6) is 0 Å². The van der Waals surface area contributed by atoms with Gasteiger partial charge in [-0.3, -0.25) is 4.79 Å². The SMILES string of the molecule is CCO[C@H]1OC(C(=O)NCc2cccc(F)c2)=C[C@@H](c2cccs2)[C@H]1CCCO. The van der Waals surface area contributed by atoms with Gasteiger partial charge in [0.1, 0.15) is 5.82 Å². The van der Waals surface area contributed by atoms with Crippen molar-refractivity contribution in [1.82, 2.24) is 5.32 Å². The molecule has 29 heavy (non-hydrogen) atoms. The van der Waals surface area contributed by atoms with E-state index in [9.17, 15) is 14.3 Å². The Kier molecular flexibility index (Phi) is 7.80. The van der Waals surface area contributed by atoms with Gasteiger partial charge in [-0.2, -0.15) is 0 Å². The van der Waals surface area contributed by atoms with Gasteiger partial charge in [0, 0.05) is 36.5 Å². The number of aliphatic hydroxyl groups excluding tert-OH is 1. The highest BCUT2D eigenvalue weighted by atomic mass is 32.1. The van der Waals surface area contributed by atoms with Crippen molar-refractivity contribution in [2.45, 2.75) is 38.5 Å². The second-order valence-corrected chi connectivity index (χ2v) is 7.84. The lowest BCUT2D eigenvalue weighted by Crippen LogP contribution is -2.38. The maximum absolute atomic E-state index is 13.4. The van der Waals surface area contributed by atoms with Crippen LogP contribution in [0.25, 0.3) is 0 Å². The maximum atomic E-state index is 13.4. The first kappa shape index (κ1) is 21.5. The van der Waals surface area contributed by atoms with E-state index < -0.39 is 6.29 Å². The van der Waals surface area contributed by atoms with E-state index in [0.29, 0.717) is 18.6 Å². The standard InChI is InChI=1S/C22H26FNO4S/c1-2-27-22-17(8-4-10-25)18(20-9-5-11-29-20)13-19(28-22)21(26)24-14-15-6-3-7-16(23)12-15/h3,5-7,9,11-13,17-18,22,25H,2,4,8,10,14H2,1H3,(H,24,26)/t17-,18-,22+/m1/s1. The predicted octanol–water partition coefficient (Wildman–Crippen LogP) is 3.95. The fraction of sp³-hybridized carbons (Fsp3) is 0.409. The van der Waals surface area contributed by atoms with E-state index >= 15 is 0 Å². The van der Waals surface area contributed by atoms with Gasteiger partial charge in [-0.15, -0.1) is 11.3 Å². The number of ether oxygens (including phenoxy) is 2. The van der Waals surface area contributed by atoms with Crippen LogP contribution in [0, 0.1) is 11.7 Å². The zero-order chi connectivity index (χ0) is 20.6. The minimum atomic E-state index is -0.571. The van der Waals surface area contributed by atoms with Gasteiger partial charge in [-0.25, -0.2) is 4.39 Å². The highest BCUT2D eigenvalue weighted by molar-refractivity contribution is 7.10. The molecule has 2 heterocycles. The molecule has 1 aliphatic rings. The largest absolute Gasteiger partial charge is 0.459 e. The van der Waals surface area contributed by atoms with Gasteiger partial charge in [0.15, 0.2) is 5.76 Å². The lowest BCUT2D eigenvalue weighted by Gasteiger charge is -2.36. The van der Waals surface area contributed by atoms with Crippen molar-refractivity contribution in [3.63, 3.8) is 0 Å². The van der Waals surface area contributed by atoms with Crippen molar-refractivity contribution in [2.24, 2.45) is 5.92 Å². The molecule has 2 N–H and O–H groups in total. The van der Waals surface area contributed by atoms with Crippen molar-refractivity contribution >= 4 is 17.2 Å². The zero-order valence-electron chi connectivity index (χ0n) is 16.3. The van der Waals surface area contributed by atoms with Gasteiger partial charge in [0.05, 0.1) is 0 Å². The molecule has 0 spiro atoms. The number of amides is 1. The number of carbonyl (C=O) groups excluding carboxylic acids is 1. The zero-order valence-corrected chi connectivity index (χ0v) is 17.2. The summed E-state index contributed by atoms with van der Waals surface area (Å²) in [5.74, 6) is -0.535. The molecular weight excluding hydrogens is 393 g/mol. The highest BCUT2D eigenvalue weighted by Crippen LogP contribution is 2.40. The number of halogens is 1. The summed E-state index contributed by atoms with van der Waals surface area (Å²) in [5.41, 5.74) is 0.673. The van der Waals surface area contributed by atoms with Crippen molar-refractivity contribution in [3.8, 4) is 0 Å². The van der Waals surface area contributed by atoms with E-state index in [1.807, 2.05) is 30.5 Å². The average molecular weight is 420 g/mol. The van der Waals surface area contributed by atoms with Crippen LogP contribution in [0.4, 0.5) is 4.39 Å². The van der Waals surface area contributed by atoms with E-state index in [-0.39, 0.29) is 42.5 Å². The fourth-order valence-electron chi connectivity index (χ4n) is 3.49. The van der Waals surface area contributed by atoms with Gasteiger partial charge in [-0.05, 0) is 55.0 Å². The molecule has 0 saturated carbocycles. The summed E-state index contributed by atoms with van der Waals surface area (Å²) in [4.78, 5) is 13.9. The molecule has 1 aromatic heterocycles. The smallest absolute Gasteiger partial charge is 0.286 e. The number of aliphatic hydroxyl groups is 1. The minimum absolute atomic E-state index is 0.000481. The van der Waals surface area contributed by atoms with Gasteiger partial charge in [0.25, 0.3) is 5.91 Å². The third-order valence-electron chi connectivity index (χ3n) is 4.85. The summed E-state index contributed by atoms with van der Waals surface area (Å²) in [7, 11) is 0. The van der Waals surface area contributed by atoms with Gasteiger partial charge in [0.2, 0.25) is 6.29 Å². The Hall–Kier alpha value is -2.22.